The fraction of sp³-hybridized carbons (Fsp3) is 0.0909. The number of carbonyl (C=O) groups is 1. The van der Waals surface area contributed by atoms with Crippen molar-refractivity contribution in [3.8, 4) is 5.69 Å². The van der Waals surface area contributed by atoms with Gasteiger partial charge in [0.05, 0.1) is 22.5 Å². The van der Waals surface area contributed by atoms with E-state index < -0.39 is 23.1 Å². The van der Waals surface area contributed by atoms with Gasteiger partial charge in [-0.2, -0.15) is 13.2 Å². The Hall–Kier alpha value is -3.17. The van der Waals surface area contributed by atoms with E-state index in [4.69, 9.17) is 11.6 Å². The van der Waals surface area contributed by atoms with Gasteiger partial charge in [-0.1, -0.05) is 35.5 Å². The van der Waals surface area contributed by atoms with Crippen molar-refractivity contribution in [1.82, 2.24) is 14.5 Å². The molecule has 0 aliphatic carbocycles. The first kappa shape index (κ1) is 22.0. The Balaban J connectivity index is 1.68. The Labute approximate surface area is 188 Å². The first-order valence-corrected chi connectivity index (χ1v) is 10.6. The molecule has 162 valence electrons. The Morgan fingerprint density at radius 2 is 1.72 bits per heavy atom. The maximum Gasteiger partial charge on any atom is 0.416 e. The quantitative estimate of drug-likeness (QED) is 0.219. The molecule has 2 heterocycles. The van der Waals surface area contributed by atoms with Crippen LogP contribution < -0.4 is 5.56 Å². The minimum absolute atomic E-state index is 0.128. The number of alkyl halides is 3. The number of hydrogen-bond donors (Lipinski definition) is 0. The summed E-state index contributed by atoms with van der Waals surface area (Å²) < 4.78 is 39.6. The number of aromatic nitrogens is 3. The third kappa shape index (κ3) is 4.53. The van der Waals surface area contributed by atoms with Gasteiger partial charge in [-0.05, 0) is 48.5 Å². The van der Waals surface area contributed by atoms with Crippen molar-refractivity contribution in [3.05, 3.63) is 93.4 Å². The summed E-state index contributed by atoms with van der Waals surface area (Å²) >= 11 is 6.96. The highest BCUT2D eigenvalue weighted by Gasteiger charge is 2.30. The number of ketones is 1. The fourth-order valence-corrected chi connectivity index (χ4v) is 4.00. The van der Waals surface area contributed by atoms with Crippen LogP contribution in [-0.4, -0.2) is 26.1 Å². The second-order valence-corrected chi connectivity index (χ2v) is 8.05. The van der Waals surface area contributed by atoms with Gasteiger partial charge in [0.1, 0.15) is 0 Å². The molecule has 2 aromatic heterocycles. The van der Waals surface area contributed by atoms with Gasteiger partial charge in [-0.3, -0.25) is 14.2 Å². The van der Waals surface area contributed by atoms with E-state index in [1.807, 2.05) is 0 Å². The second-order valence-electron chi connectivity index (χ2n) is 6.67. The van der Waals surface area contributed by atoms with Crippen LogP contribution in [0.1, 0.15) is 15.9 Å². The zero-order valence-electron chi connectivity index (χ0n) is 16.1. The van der Waals surface area contributed by atoms with Crippen molar-refractivity contribution < 1.29 is 18.0 Å². The zero-order valence-corrected chi connectivity index (χ0v) is 17.7. The molecule has 0 bridgehead atoms. The molecule has 0 saturated heterocycles. The zero-order chi connectivity index (χ0) is 22.9. The Morgan fingerprint density at radius 3 is 2.38 bits per heavy atom. The molecule has 2 aromatic carbocycles. The number of thioether (sulfide) groups is 1. The molecule has 0 amide bonds. The molecule has 0 unspecified atom stereocenters. The normalized spacial score (nSPS) is 11.6. The van der Waals surface area contributed by atoms with Crippen LogP contribution in [0.25, 0.3) is 16.7 Å². The lowest BCUT2D eigenvalue weighted by Gasteiger charge is -2.13. The van der Waals surface area contributed by atoms with E-state index in [2.05, 4.69) is 9.97 Å². The van der Waals surface area contributed by atoms with E-state index in [1.54, 1.807) is 36.4 Å². The van der Waals surface area contributed by atoms with Gasteiger partial charge in [0.2, 0.25) is 0 Å². The Morgan fingerprint density at radius 1 is 1.03 bits per heavy atom. The van der Waals surface area contributed by atoms with Crippen LogP contribution in [0.3, 0.4) is 0 Å². The first-order valence-electron chi connectivity index (χ1n) is 9.21. The molecule has 0 radical (unpaired) electrons. The molecule has 0 aliphatic rings. The van der Waals surface area contributed by atoms with Crippen LogP contribution in [-0.2, 0) is 6.18 Å². The molecule has 0 N–H and O–H groups in total. The lowest BCUT2D eigenvalue weighted by molar-refractivity contribution is -0.137. The molecule has 0 spiro atoms. The number of pyridine rings is 1. The number of hydrogen-bond acceptors (Lipinski definition) is 5. The highest BCUT2D eigenvalue weighted by atomic mass is 35.5. The molecular weight excluding hydrogens is 463 g/mol. The molecule has 32 heavy (non-hydrogen) atoms. The number of rotatable bonds is 5. The molecule has 10 heteroatoms. The number of fused-ring (bicyclic) bond motifs is 1. The van der Waals surface area contributed by atoms with Gasteiger partial charge in [0.25, 0.3) is 5.56 Å². The van der Waals surface area contributed by atoms with Crippen LogP contribution in [0, 0.1) is 0 Å². The van der Waals surface area contributed by atoms with Crippen molar-refractivity contribution in [2.75, 3.05) is 5.75 Å². The second kappa shape index (κ2) is 8.76. The van der Waals surface area contributed by atoms with Gasteiger partial charge in [0, 0.05) is 16.8 Å². The summed E-state index contributed by atoms with van der Waals surface area (Å²) in [5.74, 6) is -0.524. The molecule has 5 nitrogen and oxygen atoms in total. The van der Waals surface area contributed by atoms with E-state index >= 15 is 0 Å². The van der Waals surface area contributed by atoms with E-state index in [1.165, 1.54) is 10.8 Å². The van der Waals surface area contributed by atoms with Crippen LogP contribution in [0.4, 0.5) is 13.2 Å². The summed E-state index contributed by atoms with van der Waals surface area (Å²) in [6.45, 7) is 0. The SMILES string of the molecule is O=C(CSc1nc2cccnc2c(=O)n1-c1ccc(Cl)cc1)c1ccc(C(F)(F)F)cc1. The maximum atomic E-state index is 13.1. The summed E-state index contributed by atoms with van der Waals surface area (Å²) in [4.78, 5) is 34.3. The first-order chi connectivity index (χ1) is 15.2. The predicted octanol–water partition coefficient (Wildman–Crippen LogP) is 5.43. The lowest BCUT2D eigenvalue weighted by atomic mass is 10.1. The van der Waals surface area contributed by atoms with Crippen molar-refractivity contribution in [1.29, 1.82) is 0 Å². The Bertz CT molecular complexity index is 1350. The number of carbonyl (C=O) groups excluding carboxylic acids is 1. The predicted molar refractivity (Wildman–Crippen MR) is 117 cm³/mol. The molecule has 4 rings (SSSR count). The minimum atomic E-state index is -4.48. The summed E-state index contributed by atoms with van der Waals surface area (Å²) in [7, 11) is 0. The third-order valence-electron chi connectivity index (χ3n) is 4.55. The summed E-state index contributed by atoms with van der Waals surface area (Å²) in [5, 5.41) is 0.735. The highest BCUT2D eigenvalue weighted by molar-refractivity contribution is 7.99. The standard InChI is InChI=1S/C22H13ClF3N3O2S/c23-15-7-9-16(10-8-15)29-20(31)19-17(2-1-11-27-19)28-21(29)32-12-18(30)13-3-5-14(6-4-13)22(24,25)26/h1-11H,12H2. The van der Waals surface area contributed by atoms with Crippen molar-refractivity contribution in [3.63, 3.8) is 0 Å². The smallest absolute Gasteiger partial charge is 0.293 e. The minimum Gasteiger partial charge on any atom is -0.293 e. The fourth-order valence-electron chi connectivity index (χ4n) is 2.97. The number of benzene rings is 2. The van der Waals surface area contributed by atoms with Gasteiger partial charge in [-0.25, -0.2) is 9.97 Å². The molecule has 4 aromatic rings. The Kier molecular flexibility index (Phi) is 6.03. The van der Waals surface area contributed by atoms with Crippen LogP contribution in [0.5, 0.6) is 0 Å². The van der Waals surface area contributed by atoms with E-state index in [9.17, 15) is 22.8 Å². The van der Waals surface area contributed by atoms with Gasteiger partial charge in [0.15, 0.2) is 16.5 Å². The summed E-state index contributed by atoms with van der Waals surface area (Å²) in [6, 6.07) is 13.8. The van der Waals surface area contributed by atoms with Crippen LogP contribution >= 0.6 is 23.4 Å². The van der Waals surface area contributed by atoms with Crippen LogP contribution in [0.15, 0.2) is 76.8 Å². The van der Waals surface area contributed by atoms with Crippen molar-refractivity contribution in [2.45, 2.75) is 11.3 Å². The van der Waals surface area contributed by atoms with Gasteiger partial charge < -0.3 is 0 Å². The monoisotopic (exact) mass is 475 g/mol. The van der Waals surface area contributed by atoms with Gasteiger partial charge in [-0.15, -0.1) is 0 Å². The van der Waals surface area contributed by atoms with Gasteiger partial charge >= 0.3 is 6.18 Å². The largest absolute Gasteiger partial charge is 0.416 e. The summed E-state index contributed by atoms with van der Waals surface area (Å²) in [6.07, 6.45) is -2.99. The number of nitrogens with zero attached hydrogens (tertiary/aromatic N) is 3. The van der Waals surface area contributed by atoms with E-state index in [-0.39, 0.29) is 22.0 Å². The molecular formula is C22H13ClF3N3O2S. The number of Topliss-reactive ketones (excluding diaryl/α,β-unsaturated/α-hetero) is 1. The van der Waals surface area contributed by atoms with E-state index in [0.717, 1.165) is 36.0 Å². The lowest BCUT2D eigenvalue weighted by Crippen LogP contribution is -2.23. The van der Waals surface area contributed by atoms with E-state index in [0.29, 0.717) is 16.2 Å². The van der Waals surface area contributed by atoms with Crippen molar-refractivity contribution >= 4 is 40.2 Å². The van der Waals surface area contributed by atoms with Crippen molar-refractivity contribution in [2.24, 2.45) is 0 Å². The third-order valence-corrected chi connectivity index (χ3v) is 5.74. The van der Waals surface area contributed by atoms with Crippen LogP contribution in [0.2, 0.25) is 5.02 Å². The average molecular weight is 476 g/mol. The molecule has 0 fully saturated rings. The molecule has 0 aliphatic heterocycles. The molecule has 0 saturated carbocycles. The maximum absolute atomic E-state index is 13.1. The average Bonchev–Trinajstić information content (AvgIpc) is 2.78. The summed E-state index contributed by atoms with van der Waals surface area (Å²) in [5.41, 5.74) is -0.0882. The molecule has 0 atom stereocenters. The topological polar surface area (TPSA) is 64.8 Å². The highest BCUT2D eigenvalue weighted by Crippen LogP contribution is 2.29. The number of halogens is 4.